The van der Waals surface area contributed by atoms with E-state index in [0.29, 0.717) is 6.42 Å². The number of carbonyl (C=O) groups is 1. The van der Waals surface area contributed by atoms with Crippen molar-refractivity contribution < 1.29 is 9.90 Å². The highest BCUT2D eigenvalue weighted by Crippen LogP contribution is 2.35. The summed E-state index contributed by atoms with van der Waals surface area (Å²) in [6.07, 6.45) is 0.581. The predicted octanol–water partition coefficient (Wildman–Crippen LogP) is 2.07. The number of aliphatic carboxylic acids is 1. The molecule has 0 amide bonds. The molecule has 1 atom stereocenters. The van der Waals surface area contributed by atoms with E-state index in [9.17, 15) is 4.79 Å². The van der Waals surface area contributed by atoms with Gasteiger partial charge in [0.15, 0.2) is 0 Å². The Morgan fingerprint density at radius 2 is 2.33 bits per heavy atom. The molecule has 1 N–H and O–H groups in total. The molecule has 5 heteroatoms. The first-order valence-electron chi connectivity index (χ1n) is 4.82. The summed E-state index contributed by atoms with van der Waals surface area (Å²) in [6, 6.07) is 1.90. The second-order valence-corrected chi connectivity index (χ2v) is 5.26. The summed E-state index contributed by atoms with van der Waals surface area (Å²) >= 11 is 1.35. The molecule has 0 fully saturated rings. The maximum absolute atomic E-state index is 11.1. The van der Waals surface area contributed by atoms with Crippen molar-refractivity contribution in [3.8, 4) is 0 Å². The smallest absolute Gasteiger partial charge is 0.319 e. The summed E-state index contributed by atoms with van der Waals surface area (Å²) in [4.78, 5) is 11.1. The van der Waals surface area contributed by atoms with Gasteiger partial charge in [-0.2, -0.15) is 5.10 Å². The molecule has 1 aromatic rings. The van der Waals surface area contributed by atoms with Crippen LogP contribution in [-0.2, 0) is 11.8 Å². The second kappa shape index (κ2) is 4.26. The van der Waals surface area contributed by atoms with E-state index in [0.717, 1.165) is 10.7 Å². The molecule has 0 aliphatic carbocycles. The van der Waals surface area contributed by atoms with Crippen LogP contribution in [0.5, 0.6) is 0 Å². The average Bonchev–Trinajstić information content (AvgIpc) is 2.44. The number of hydrogen-bond donors (Lipinski definition) is 1. The molecule has 0 bridgehead atoms. The van der Waals surface area contributed by atoms with Gasteiger partial charge in [-0.1, -0.05) is 18.7 Å². The lowest BCUT2D eigenvalue weighted by atomic mass is 10.1. The first-order chi connectivity index (χ1) is 6.89. The molecule has 1 rings (SSSR count). The third kappa shape index (κ3) is 2.53. The highest BCUT2D eigenvalue weighted by atomic mass is 32.2. The van der Waals surface area contributed by atoms with Gasteiger partial charge in [-0.05, 0) is 26.3 Å². The Bertz CT molecular complexity index is 375. The monoisotopic (exact) mass is 228 g/mol. The number of aromatic nitrogens is 2. The molecule has 0 spiro atoms. The molecule has 0 aromatic carbocycles. The third-order valence-electron chi connectivity index (χ3n) is 2.42. The van der Waals surface area contributed by atoms with Crippen LogP contribution in [0.15, 0.2) is 11.1 Å². The molecule has 0 aliphatic rings. The third-order valence-corrected chi connectivity index (χ3v) is 3.92. The van der Waals surface area contributed by atoms with Crippen molar-refractivity contribution in [3.05, 3.63) is 11.8 Å². The maximum Gasteiger partial charge on any atom is 0.319 e. The standard InChI is InChI=1S/C10H16N2O2S/c1-5-10(3,9(13)14)15-8-6-7(2)11-12(8)4/h6H,5H2,1-4H3,(H,13,14). The highest BCUT2D eigenvalue weighted by Gasteiger charge is 2.33. The van der Waals surface area contributed by atoms with Crippen molar-refractivity contribution in [2.24, 2.45) is 7.05 Å². The van der Waals surface area contributed by atoms with Gasteiger partial charge >= 0.3 is 5.97 Å². The van der Waals surface area contributed by atoms with E-state index in [2.05, 4.69) is 5.10 Å². The quantitative estimate of drug-likeness (QED) is 0.802. The van der Waals surface area contributed by atoms with Crippen LogP contribution in [0.3, 0.4) is 0 Å². The van der Waals surface area contributed by atoms with Crippen LogP contribution in [-0.4, -0.2) is 25.6 Å². The van der Waals surface area contributed by atoms with E-state index in [4.69, 9.17) is 5.11 Å². The fourth-order valence-electron chi connectivity index (χ4n) is 1.18. The van der Waals surface area contributed by atoms with E-state index < -0.39 is 10.7 Å². The Balaban J connectivity index is 2.93. The zero-order valence-electron chi connectivity index (χ0n) is 9.44. The van der Waals surface area contributed by atoms with Gasteiger partial charge < -0.3 is 5.11 Å². The highest BCUT2D eigenvalue weighted by molar-refractivity contribution is 8.01. The lowest BCUT2D eigenvalue weighted by Gasteiger charge is -2.21. The van der Waals surface area contributed by atoms with Crippen LogP contribution in [0, 0.1) is 6.92 Å². The van der Waals surface area contributed by atoms with Crippen molar-refractivity contribution in [3.63, 3.8) is 0 Å². The predicted molar refractivity (Wildman–Crippen MR) is 60.1 cm³/mol. The molecule has 0 aliphatic heterocycles. The summed E-state index contributed by atoms with van der Waals surface area (Å²) in [5.41, 5.74) is 0.906. The Labute approximate surface area is 93.7 Å². The van der Waals surface area contributed by atoms with Crippen LogP contribution >= 0.6 is 11.8 Å². The van der Waals surface area contributed by atoms with Gasteiger partial charge in [0.05, 0.1) is 10.7 Å². The minimum absolute atomic E-state index is 0.581. The molecule has 1 aromatic heterocycles. The summed E-state index contributed by atoms with van der Waals surface area (Å²) in [7, 11) is 1.83. The van der Waals surface area contributed by atoms with Gasteiger partial charge in [0.25, 0.3) is 0 Å². The van der Waals surface area contributed by atoms with E-state index in [1.54, 1.807) is 11.6 Å². The largest absolute Gasteiger partial charge is 0.480 e. The van der Waals surface area contributed by atoms with E-state index in [1.165, 1.54) is 11.8 Å². The summed E-state index contributed by atoms with van der Waals surface area (Å²) < 4.78 is 0.942. The molecule has 1 unspecified atom stereocenters. The van der Waals surface area contributed by atoms with Gasteiger partial charge in [-0.25, -0.2) is 0 Å². The van der Waals surface area contributed by atoms with Crippen molar-refractivity contribution >= 4 is 17.7 Å². The SMILES string of the molecule is CCC(C)(Sc1cc(C)nn1C)C(=O)O. The number of aryl methyl sites for hydroxylation is 2. The van der Waals surface area contributed by atoms with Crippen molar-refractivity contribution in [2.75, 3.05) is 0 Å². The lowest BCUT2D eigenvalue weighted by molar-refractivity contribution is -0.139. The van der Waals surface area contributed by atoms with Crippen molar-refractivity contribution in [1.82, 2.24) is 9.78 Å². The van der Waals surface area contributed by atoms with Crippen LogP contribution in [0.2, 0.25) is 0 Å². The Morgan fingerprint density at radius 3 is 2.67 bits per heavy atom. The number of carboxylic acids is 1. The minimum atomic E-state index is -0.783. The Hall–Kier alpha value is -0.970. The van der Waals surface area contributed by atoms with E-state index >= 15 is 0 Å². The zero-order chi connectivity index (χ0) is 11.6. The van der Waals surface area contributed by atoms with Gasteiger partial charge in [0.2, 0.25) is 0 Å². The van der Waals surface area contributed by atoms with Gasteiger partial charge in [0.1, 0.15) is 4.75 Å². The minimum Gasteiger partial charge on any atom is -0.480 e. The molecule has 0 saturated heterocycles. The van der Waals surface area contributed by atoms with Crippen LogP contribution in [0.4, 0.5) is 0 Å². The fourth-order valence-corrected chi connectivity index (χ4v) is 2.28. The summed E-state index contributed by atoms with van der Waals surface area (Å²) in [5.74, 6) is -0.783. The van der Waals surface area contributed by atoms with E-state index in [-0.39, 0.29) is 0 Å². The molecule has 4 nitrogen and oxygen atoms in total. The topological polar surface area (TPSA) is 55.1 Å². The summed E-state index contributed by atoms with van der Waals surface area (Å²) in [6.45, 7) is 5.51. The first-order valence-corrected chi connectivity index (χ1v) is 5.63. The first kappa shape index (κ1) is 12.1. The van der Waals surface area contributed by atoms with Gasteiger partial charge in [-0.3, -0.25) is 9.48 Å². The number of carboxylic acid groups (broad SMARTS) is 1. The second-order valence-electron chi connectivity index (χ2n) is 3.74. The molecular weight excluding hydrogens is 212 g/mol. The number of thioether (sulfide) groups is 1. The molecule has 0 radical (unpaired) electrons. The number of nitrogens with zero attached hydrogens (tertiary/aromatic N) is 2. The van der Waals surface area contributed by atoms with Crippen molar-refractivity contribution in [2.45, 2.75) is 37.0 Å². The van der Waals surface area contributed by atoms with Crippen LogP contribution in [0.25, 0.3) is 0 Å². The van der Waals surface area contributed by atoms with Gasteiger partial charge in [-0.15, -0.1) is 0 Å². The van der Waals surface area contributed by atoms with Crippen LogP contribution < -0.4 is 0 Å². The van der Waals surface area contributed by atoms with Crippen LogP contribution in [0.1, 0.15) is 26.0 Å². The zero-order valence-corrected chi connectivity index (χ0v) is 10.3. The molecule has 1 heterocycles. The molecule has 15 heavy (non-hydrogen) atoms. The number of hydrogen-bond acceptors (Lipinski definition) is 3. The summed E-state index contributed by atoms with van der Waals surface area (Å²) in [5, 5.41) is 14.2. The molecular formula is C10H16N2O2S. The van der Waals surface area contributed by atoms with Gasteiger partial charge in [0, 0.05) is 7.05 Å². The van der Waals surface area contributed by atoms with Crippen molar-refractivity contribution in [1.29, 1.82) is 0 Å². The lowest BCUT2D eigenvalue weighted by Crippen LogP contribution is -2.30. The molecule has 0 saturated carbocycles. The Morgan fingerprint density at radius 1 is 1.73 bits per heavy atom. The molecule has 84 valence electrons. The fraction of sp³-hybridized carbons (Fsp3) is 0.600. The normalized spacial score (nSPS) is 14.9. The van der Waals surface area contributed by atoms with E-state index in [1.807, 2.05) is 27.0 Å². The number of rotatable bonds is 4. The average molecular weight is 228 g/mol. The Kier molecular flexibility index (Phi) is 3.44. The maximum atomic E-state index is 11.1.